The lowest BCUT2D eigenvalue weighted by Crippen LogP contribution is -2.28. The van der Waals surface area contributed by atoms with Crippen molar-refractivity contribution in [2.75, 3.05) is 18.6 Å². The van der Waals surface area contributed by atoms with Crippen LogP contribution in [0.15, 0.2) is 5.38 Å². The van der Waals surface area contributed by atoms with E-state index in [0.717, 1.165) is 10.7 Å². The summed E-state index contributed by atoms with van der Waals surface area (Å²) in [7, 11) is -1.16. The monoisotopic (exact) mass is 330 g/mol. The fraction of sp³-hybridized carbons (Fsp3) is 0.714. The van der Waals surface area contributed by atoms with E-state index in [1.165, 1.54) is 0 Å². The van der Waals surface area contributed by atoms with Crippen LogP contribution >= 0.6 is 11.3 Å². The number of hydrogen-bond acceptors (Lipinski definition) is 5. The lowest BCUT2D eigenvalue weighted by molar-refractivity contribution is -0.131. The molecule has 1 aromatic rings. The zero-order chi connectivity index (χ0) is 15.6. The maximum Gasteiger partial charge on any atom is 0.222 e. The van der Waals surface area contributed by atoms with Crippen molar-refractivity contribution < 1.29 is 13.2 Å². The molecule has 0 unspecified atom stereocenters. The van der Waals surface area contributed by atoms with Gasteiger partial charge in [-0.05, 0) is 12.3 Å². The molecule has 0 saturated carbocycles. The Morgan fingerprint density at radius 2 is 2.24 bits per heavy atom. The highest BCUT2D eigenvalue weighted by atomic mass is 32.2. The van der Waals surface area contributed by atoms with Crippen molar-refractivity contribution in [1.29, 1.82) is 0 Å². The normalized spacial score (nSPS) is 20.9. The second kappa shape index (κ2) is 6.44. The van der Waals surface area contributed by atoms with Gasteiger partial charge in [0, 0.05) is 24.8 Å². The predicted molar refractivity (Wildman–Crippen MR) is 84.1 cm³/mol. The highest BCUT2D eigenvalue weighted by molar-refractivity contribution is 7.91. The first-order valence-electron chi connectivity index (χ1n) is 7.15. The Labute approximate surface area is 130 Å². The highest BCUT2D eigenvalue weighted by Gasteiger charge is 2.30. The summed E-state index contributed by atoms with van der Waals surface area (Å²) >= 11 is 1.62. The zero-order valence-electron chi connectivity index (χ0n) is 12.7. The highest BCUT2D eigenvalue weighted by Crippen LogP contribution is 2.23. The van der Waals surface area contributed by atoms with E-state index in [-0.39, 0.29) is 23.3 Å². The predicted octanol–water partition coefficient (Wildman–Crippen LogP) is 2.05. The largest absolute Gasteiger partial charge is 0.340 e. The third kappa shape index (κ3) is 4.51. The molecule has 7 heteroatoms. The van der Waals surface area contributed by atoms with Gasteiger partial charge in [-0.15, -0.1) is 11.3 Å². The van der Waals surface area contributed by atoms with Gasteiger partial charge in [0.25, 0.3) is 0 Å². The molecule has 118 valence electrons. The molecule has 21 heavy (non-hydrogen) atoms. The standard InChI is InChI=1S/C14H22N2O3S2/c1-10(2)14-15-12(8-20-14)7-16(3)13(17)6-11-4-5-21(18,19)9-11/h8,10-11H,4-7,9H2,1-3H3/t11-/m0/s1. The van der Waals surface area contributed by atoms with Crippen molar-refractivity contribution in [2.24, 2.45) is 5.92 Å². The van der Waals surface area contributed by atoms with E-state index in [0.29, 0.717) is 25.3 Å². The third-order valence-corrected chi connectivity index (χ3v) is 6.71. The van der Waals surface area contributed by atoms with Crippen LogP contribution in [0.3, 0.4) is 0 Å². The van der Waals surface area contributed by atoms with Crippen LogP contribution in [0.25, 0.3) is 0 Å². The minimum absolute atomic E-state index is 0.00352. The summed E-state index contributed by atoms with van der Waals surface area (Å²) < 4.78 is 22.8. The van der Waals surface area contributed by atoms with E-state index in [2.05, 4.69) is 18.8 Å². The number of thiazole rings is 1. The Bertz CT molecular complexity index is 607. The fourth-order valence-electron chi connectivity index (χ4n) is 2.43. The molecule has 0 N–H and O–H groups in total. The van der Waals surface area contributed by atoms with Crippen LogP contribution in [-0.2, 0) is 21.2 Å². The molecule has 0 radical (unpaired) electrons. The van der Waals surface area contributed by atoms with Crippen LogP contribution < -0.4 is 0 Å². The molecule has 2 heterocycles. The van der Waals surface area contributed by atoms with Crippen LogP contribution in [0.1, 0.15) is 43.3 Å². The molecule has 1 saturated heterocycles. The zero-order valence-corrected chi connectivity index (χ0v) is 14.3. The number of nitrogens with zero attached hydrogens (tertiary/aromatic N) is 2. The first kappa shape index (κ1) is 16.4. The van der Waals surface area contributed by atoms with Crippen LogP contribution in [0.5, 0.6) is 0 Å². The molecule has 1 aliphatic heterocycles. The van der Waals surface area contributed by atoms with Gasteiger partial charge in [-0.2, -0.15) is 0 Å². The Morgan fingerprint density at radius 3 is 2.76 bits per heavy atom. The van der Waals surface area contributed by atoms with Gasteiger partial charge in [0.2, 0.25) is 5.91 Å². The summed E-state index contributed by atoms with van der Waals surface area (Å²) in [5, 5.41) is 3.06. The van der Waals surface area contributed by atoms with E-state index in [4.69, 9.17) is 0 Å². The van der Waals surface area contributed by atoms with Crippen molar-refractivity contribution >= 4 is 27.1 Å². The van der Waals surface area contributed by atoms with Crippen molar-refractivity contribution in [2.45, 2.75) is 39.2 Å². The number of rotatable bonds is 5. The average molecular weight is 330 g/mol. The van der Waals surface area contributed by atoms with E-state index in [1.807, 2.05) is 5.38 Å². The molecule has 1 amide bonds. The molecule has 2 rings (SSSR count). The van der Waals surface area contributed by atoms with Crippen LogP contribution in [0.4, 0.5) is 0 Å². The van der Waals surface area contributed by atoms with Gasteiger partial charge >= 0.3 is 0 Å². The topological polar surface area (TPSA) is 67.3 Å². The number of sulfone groups is 1. The Hall–Kier alpha value is -0.950. The smallest absolute Gasteiger partial charge is 0.222 e. The molecule has 1 atom stereocenters. The second-order valence-corrected chi connectivity index (χ2v) is 9.17. The van der Waals surface area contributed by atoms with Crippen molar-refractivity contribution in [1.82, 2.24) is 9.88 Å². The molecular formula is C14H22N2O3S2. The number of hydrogen-bond donors (Lipinski definition) is 0. The number of aromatic nitrogens is 1. The van der Waals surface area contributed by atoms with E-state index in [1.54, 1.807) is 23.3 Å². The second-order valence-electron chi connectivity index (χ2n) is 6.05. The summed E-state index contributed by atoms with van der Waals surface area (Å²) in [6.45, 7) is 4.68. The number of amides is 1. The third-order valence-electron chi connectivity index (χ3n) is 3.68. The maximum absolute atomic E-state index is 12.2. The van der Waals surface area contributed by atoms with Crippen LogP contribution in [0.2, 0.25) is 0 Å². The van der Waals surface area contributed by atoms with Gasteiger partial charge < -0.3 is 4.90 Å². The molecule has 1 aromatic heterocycles. The maximum atomic E-state index is 12.2. The van der Waals surface area contributed by atoms with Crippen molar-refractivity contribution in [3.63, 3.8) is 0 Å². The Kier molecular flexibility index (Phi) is 5.03. The van der Waals surface area contributed by atoms with Crippen molar-refractivity contribution in [3.05, 3.63) is 16.1 Å². The lowest BCUT2D eigenvalue weighted by Gasteiger charge is -2.17. The quantitative estimate of drug-likeness (QED) is 0.829. The molecule has 0 spiro atoms. The SMILES string of the molecule is CC(C)c1nc(CN(C)C(=O)C[C@@H]2CCS(=O)(=O)C2)cs1. The number of carbonyl (C=O) groups is 1. The fourth-order valence-corrected chi connectivity index (χ4v) is 5.12. The average Bonchev–Trinajstić information content (AvgIpc) is 2.96. The first-order valence-corrected chi connectivity index (χ1v) is 9.85. The summed E-state index contributed by atoms with van der Waals surface area (Å²) in [6, 6.07) is 0. The molecule has 1 fully saturated rings. The van der Waals surface area contributed by atoms with E-state index >= 15 is 0 Å². The Morgan fingerprint density at radius 1 is 1.52 bits per heavy atom. The minimum Gasteiger partial charge on any atom is -0.340 e. The first-order chi connectivity index (χ1) is 9.77. The van der Waals surface area contributed by atoms with E-state index < -0.39 is 9.84 Å². The molecular weight excluding hydrogens is 308 g/mol. The summed E-state index contributed by atoms with van der Waals surface area (Å²) in [5.41, 5.74) is 0.901. The van der Waals surface area contributed by atoms with Crippen LogP contribution in [-0.4, -0.2) is 42.8 Å². The van der Waals surface area contributed by atoms with Crippen molar-refractivity contribution in [3.8, 4) is 0 Å². The molecule has 0 bridgehead atoms. The lowest BCUT2D eigenvalue weighted by atomic mass is 10.0. The van der Waals surface area contributed by atoms with E-state index in [9.17, 15) is 13.2 Å². The number of carbonyl (C=O) groups excluding carboxylic acids is 1. The van der Waals surface area contributed by atoms with Gasteiger partial charge in [-0.25, -0.2) is 13.4 Å². The van der Waals surface area contributed by atoms with Gasteiger partial charge in [0.05, 0.1) is 28.8 Å². The van der Waals surface area contributed by atoms with Gasteiger partial charge in [-0.3, -0.25) is 4.79 Å². The molecule has 0 aliphatic carbocycles. The minimum atomic E-state index is -2.91. The molecule has 5 nitrogen and oxygen atoms in total. The molecule has 0 aromatic carbocycles. The van der Waals surface area contributed by atoms with Gasteiger partial charge in [0.1, 0.15) is 0 Å². The van der Waals surface area contributed by atoms with Gasteiger partial charge in [0.15, 0.2) is 9.84 Å². The van der Waals surface area contributed by atoms with Gasteiger partial charge in [-0.1, -0.05) is 13.8 Å². The molecule has 1 aliphatic rings. The summed E-state index contributed by atoms with van der Waals surface area (Å²) in [6.07, 6.45) is 0.924. The summed E-state index contributed by atoms with van der Waals surface area (Å²) in [4.78, 5) is 18.3. The Balaban J connectivity index is 1.87. The summed E-state index contributed by atoms with van der Waals surface area (Å²) in [5.74, 6) is 0.746. The van der Waals surface area contributed by atoms with Crippen LogP contribution in [0, 0.1) is 5.92 Å².